The molecule has 0 aliphatic carbocycles. The second kappa shape index (κ2) is 5.51. The van der Waals surface area contributed by atoms with Gasteiger partial charge in [0.2, 0.25) is 0 Å². The van der Waals surface area contributed by atoms with Gasteiger partial charge in [0.05, 0.1) is 11.3 Å². The molecule has 0 atom stereocenters. The Morgan fingerprint density at radius 3 is 2.48 bits per heavy atom. The molecule has 1 N–H and O–H groups in total. The van der Waals surface area contributed by atoms with Gasteiger partial charge in [0.15, 0.2) is 0 Å². The zero-order valence-electron chi connectivity index (χ0n) is 10.2. The number of hydrogen-bond donors (Lipinski definition) is 1. The summed E-state index contributed by atoms with van der Waals surface area (Å²) < 4.78 is 63.5. The van der Waals surface area contributed by atoms with E-state index in [1.807, 2.05) is 5.32 Å². The molecule has 2 rings (SSSR count). The highest BCUT2D eigenvalue weighted by Crippen LogP contribution is 2.34. The smallest absolute Gasteiger partial charge is 0.320 e. The molecule has 0 saturated heterocycles. The van der Waals surface area contributed by atoms with Crippen molar-refractivity contribution >= 4 is 11.6 Å². The van der Waals surface area contributed by atoms with Crippen molar-refractivity contribution in [1.29, 1.82) is 0 Å². The van der Waals surface area contributed by atoms with Gasteiger partial charge in [0, 0.05) is 6.20 Å². The molecule has 0 aliphatic rings. The van der Waals surface area contributed by atoms with E-state index in [4.69, 9.17) is 0 Å². The number of halogens is 5. The van der Waals surface area contributed by atoms with Crippen LogP contribution in [0.2, 0.25) is 0 Å². The summed E-state index contributed by atoms with van der Waals surface area (Å²) in [6.45, 7) is -3.07. The average Bonchev–Trinajstić information content (AvgIpc) is 2.87. The van der Waals surface area contributed by atoms with Crippen molar-refractivity contribution in [3.05, 3.63) is 47.8 Å². The summed E-state index contributed by atoms with van der Waals surface area (Å²) in [5, 5.41) is 5.19. The molecular weight excluding hydrogens is 297 g/mol. The van der Waals surface area contributed by atoms with E-state index < -0.39 is 35.6 Å². The summed E-state index contributed by atoms with van der Waals surface area (Å²) in [5.41, 5.74) is -2.12. The van der Waals surface area contributed by atoms with Crippen LogP contribution in [0.4, 0.5) is 27.6 Å². The Morgan fingerprint density at radius 2 is 1.86 bits per heavy atom. The monoisotopic (exact) mass is 305 g/mol. The van der Waals surface area contributed by atoms with E-state index in [0.717, 1.165) is 30.5 Å². The van der Waals surface area contributed by atoms with E-state index in [0.29, 0.717) is 0 Å². The number of para-hydroxylation sites is 1. The molecule has 0 saturated carbocycles. The lowest BCUT2D eigenvalue weighted by Crippen LogP contribution is -2.20. The summed E-state index contributed by atoms with van der Waals surface area (Å²) in [6, 6.07) is 5.23. The van der Waals surface area contributed by atoms with Crippen LogP contribution in [-0.2, 0) is 6.18 Å². The van der Waals surface area contributed by atoms with E-state index in [-0.39, 0.29) is 4.68 Å². The topological polar surface area (TPSA) is 46.9 Å². The number of anilines is 1. The minimum Gasteiger partial charge on any atom is -0.320 e. The van der Waals surface area contributed by atoms with Gasteiger partial charge in [-0.3, -0.25) is 4.79 Å². The molecule has 1 amide bonds. The van der Waals surface area contributed by atoms with Crippen molar-refractivity contribution in [2.45, 2.75) is 12.7 Å². The van der Waals surface area contributed by atoms with Crippen LogP contribution < -0.4 is 5.32 Å². The van der Waals surface area contributed by atoms with Gasteiger partial charge >= 0.3 is 12.7 Å². The maximum absolute atomic E-state index is 12.8. The number of carbonyl (C=O) groups excluding carboxylic acids is 1. The number of rotatable bonds is 3. The Morgan fingerprint density at radius 1 is 1.19 bits per heavy atom. The molecule has 0 radical (unpaired) electrons. The molecule has 112 valence electrons. The minimum absolute atomic E-state index is 0.117. The molecule has 4 nitrogen and oxygen atoms in total. The summed E-state index contributed by atoms with van der Waals surface area (Å²) in [5.74, 6) is -1.11. The molecule has 0 unspecified atom stereocenters. The van der Waals surface area contributed by atoms with Crippen molar-refractivity contribution in [1.82, 2.24) is 9.78 Å². The Balaban J connectivity index is 2.31. The third-order valence-corrected chi connectivity index (χ3v) is 2.57. The Kier molecular flexibility index (Phi) is 3.92. The zero-order valence-corrected chi connectivity index (χ0v) is 10.2. The molecule has 9 heteroatoms. The van der Waals surface area contributed by atoms with Gasteiger partial charge in [-0.2, -0.15) is 31.7 Å². The molecule has 0 fully saturated rings. The number of carbonyl (C=O) groups is 1. The van der Waals surface area contributed by atoms with Crippen LogP contribution in [0.5, 0.6) is 0 Å². The van der Waals surface area contributed by atoms with Crippen LogP contribution >= 0.6 is 0 Å². The fraction of sp³-hybridized carbons (Fsp3) is 0.167. The first-order chi connectivity index (χ1) is 9.80. The third-order valence-electron chi connectivity index (χ3n) is 2.57. The Hall–Kier alpha value is -2.45. The third kappa shape index (κ3) is 3.18. The van der Waals surface area contributed by atoms with Gasteiger partial charge in [-0.25, -0.2) is 0 Å². The lowest BCUT2D eigenvalue weighted by Gasteiger charge is -2.13. The first-order valence-electron chi connectivity index (χ1n) is 5.60. The van der Waals surface area contributed by atoms with Crippen molar-refractivity contribution in [3.8, 4) is 0 Å². The van der Waals surface area contributed by atoms with E-state index >= 15 is 0 Å². The van der Waals surface area contributed by atoms with E-state index in [2.05, 4.69) is 5.10 Å². The molecule has 2 aromatic rings. The molecule has 0 spiro atoms. The minimum atomic E-state index is -4.67. The highest BCUT2D eigenvalue weighted by atomic mass is 19.4. The first kappa shape index (κ1) is 14.9. The van der Waals surface area contributed by atoms with E-state index in [1.54, 1.807) is 0 Å². The largest absolute Gasteiger partial charge is 0.418 e. The van der Waals surface area contributed by atoms with Gasteiger partial charge < -0.3 is 5.32 Å². The van der Waals surface area contributed by atoms with Crippen LogP contribution in [0.3, 0.4) is 0 Å². The molecule has 21 heavy (non-hydrogen) atoms. The van der Waals surface area contributed by atoms with Crippen LogP contribution in [0, 0.1) is 0 Å². The van der Waals surface area contributed by atoms with Crippen LogP contribution in [0.1, 0.15) is 22.6 Å². The molecular formula is C12H8F5N3O. The van der Waals surface area contributed by atoms with Crippen LogP contribution in [-0.4, -0.2) is 15.7 Å². The van der Waals surface area contributed by atoms with Gasteiger partial charge in [-0.15, -0.1) is 0 Å². The average molecular weight is 305 g/mol. The lowest BCUT2D eigenvalue weighted by atomic mass is 10.1. The number of nitrogens with one attached hydrogen (secondary N) is 1. The zero-order chi connectivity index (χ0) is 15.6. The number of alkyl halides is 5. The predicted molar refractivity (Wildman–Crippen MR) is 62.9 cm³/mol. The van der Waals surface area contributed by atoms with Crippen molar-refractivity contribution in [2.24, 2.45) is 0 Å². The van der Waals surface area contributed by atoms with Crippen LogP contribution in [0.25, 0.3) is 0 Å². The molecule has 1 aromatic carbocycles. The lowest BCUT2D eigenvalue weighted by molar-refractivity contribution is -0.136. The number of nitrogens with zero attached hydrogens (tertiary/aromatic N) is 2. The Bertz CT molecular complexity index is 650. The molecule has 0 aliphatic heterocycles. The normalized spacial score (nSPS) is 11.7. The SMILES string of the molecule is O=C(Nc1ccccc1C(F)(F)F)c1ccnn1C(F)F. The number of amides is 1. The maximum Gasteiger partial charge on any atom is 0.418 e. The second-order valence-corrected chi connectivity index (χ2v) is 3.94. The van der Waals surface area contributed by atoms with Gasteiger partial charge in [0.25, 0.3) is 5.91 Å². The number of aromatic nitrogens is 2. The summed E-state index contributed by atoms with van der Waals surface area (Å²) in [4.78, 5) is 11.8. The fourth-order valence-electron chi connectivity index (χ4n) is 1.68. The molecule has 1 aromatic heterocycles. The number of hydrogen-bond acceptors (Lipinski definition) is 2. The summed E-state index contributed by atoms with van der Waals surface area (Å²) in [6.07, 6.45) is -3.72. The van der Waals surface area contributed by atoms with E-state index in [1.165, 1.54) is 6.07 Å². The summed E-state index contributed by atoms with van der Waals surface area (Å²) >= 11 is 0. The fourth-order valence-corrected chi connectivity index (χ4v) is 1.68. The Labute approximate surface area is 115 Å². The standard InChI is InChI=1S/C12H8F5N3O/c13-11(14)20-9(5-6-18-20)10(21)19-8-4-2-1-3-7(8)12(15,16)17/h1-6,11H,(H,19,21). The second-order valence-electron chi connectivity index (χ2n) is 3.94. The summed E-state index contributed by atoms with van der Waals surface area (Å²) in [7, 11) is 0. The van der Waals surface area contributed by atoms with E-state index in [9.17, 15) is 26.7 Å². The van der Waals surface area contributed by atoms with Gasteiger partial charge in [-0.1, -0.05) is 12.1 Å². The quantitative estimate of drug-likeness (QED) is 0.882. The highest BCUT2D eigenvalue weighted by Gasteiger charge is 2.33. The highest BCUT2D eigenvalue weighted by molar-refractivity contribution is 6.03. The van der Waals surface area contributed by atoms with Gasteiger partial charge in [0.1, 0.15) is 5.69 Å². The molecule has 0 bridgehead atoms. The predicted octanol–water partition coefficient (Wildman–Crippen LogP) is 3.55. The van der Waals surface area contributed by atoms with Gasteiger partial charge in [-0.05, 0) is 18.2 Å². The van der Waals surface area contributed by atoms with Crippen molar-refractivity contribution in [2.75, 3.05) is 5.32 Å². The molecule has 1 heterocycles. The van der Waals surface area contributed by atoms with Crippen molar-refractivity contribution < 1.29 is 26.7 Å². The van der Waals surface area contributed by atoms with Crippen molar-refractivity contribution in [3.63, 3.8) is 0 Å². The maximum atomic E-state index is 12.8. The first-order valence-corrected chi connectivity index (χ1v) is 5.60. The number of benzene rings is 1. The van der Waals surface area contributed by atoms with Crippen LogP contribution in [0.15, 0.2) is 36.5 Å².